The molecular weight excluding hydrogens is 716 g/mol. The highest BCUT2D eigenvalue weighted by Gasteiger charge is 2.17. The van der Waals surface area contributed by atoms with Gasteiger partial charge in [0.2, 0.25) is 0 Å². The van der Waals surface area contributed by atoms with Gasteiger partial charge in [-0.05, 0) is 44.0 Å². The van der Waals surface area contributed by atoms with Crippen molar-refractivity contribution >= 4 is 104 Å². The molecule has 12 heteroatoms. The minimum Gasteiger partial charge on any atom is -0.465 e. The van der Waals surface area contributed by atoms with Gasteiger partial charge in [0.25, 0.3) is 0 Å². The van der Waals surface area contributed by atoms with Crippen LogP contribution < -0.4 is 5.73 Å². The standard InChI is InChI=1S/C22H15BrN2O2S.C9H7BrN2O2S/c1-27-22(26)18-12-16-17(23)13-24-21(20(16)28-18)25-19(14-8-4-2-5-9-14)15-10-6-3-7-11-15;1-14-9(13)6-2-4-5(10)3-12-8(11)7(4)15-6/h2-13H,1H3;2-3H,1H3,(H2,11,12). The van der Waals surface area contributed by atoms with Crippen LogP contribution >= 0.6 is 54.5 Å². The molecule has 0 amide bonds. The molecule has 0 saturated heterocycles. The third kappa shape index (κ3) is 6.67. The monoisotopic (exact) mass is 736 g/mol. The highest BCUT2D eigenvalue weighted by Crippen LogP contribution is 2.38. The third-order valence-corrected chi connectivity index (χ3v) is 9.63. The number of fused-ring (bicyclic) bond motifs is 2. The number of thiophene rings is 2. The number of carbonyl (C=O) groups excluding carboxylic acids is 2. The van der Waals surface area contributed by atoms with Gasteiger partial charge in [-0.2, -0.15) is 0 Å². The average Bonchev–Trinajstić information content (AvgIpc) is 3.71. The smallest absolute Gasteiger partial charge is 0.348 e. The molecule has 216 valence electrons. The van der Waals surface area contributed by atoms with Crippen LogP contribution in [-0.4, -0.2) is 41.8 Å². The lowest BCUT2D eigenvalue weighted by molar-refractivity contribution is 0.0597. The van der Waals surface area contributed by atoms with Gasteiger partial charge in [0.05, 0.1) is 29.3 Å². The van der Waals surface area contributed by atoms with Crippen LogP contribution in [0.4, 0.5) is 11.6 Å². The molecule has 8 nitrogen and oxygen atoms in total. The Morgan fingerprint density at radius 1 is 0.744 bits per heavy atom. The average molecular weight is 738 g/mol. The summed E-state index contributed by atoms with van der Waals surface area (Å²) in [7, 11) is 2.73. The molecule has 0 aliphatic rings. The Bertz CT molecular complexity index is 1900. The highest BCUT2D eigenvalue weighted by atomic mass is 79.9. The first-order valence-electron chi connectivity index (χ1n) is 12.6. The number of hydrogen-bond acceptors (Lipinski definition) is 10. The molecule has 2 aromatic carbocycles. The molecule has 0 aliphatic carbocycles. The quantitative estimate of drug-likeness (QED) is 0.139. The SMILES string of the molecule is COC(=O)c1cc2c(Br)cnc(N)c2s1.COC(=O)c1cc2c(Br)cnc(N=C(c3ccccc3)c3ccccc3)c2s1. The number of carbonyl (C=O) groups is 2. The zero-order chi connectivity index (χ0) is 30.5. The second kappa shape index (κ2) is 13.6. The number of anilines is 1. The first-order valence-corrected chi connectivity index (χ1v) is 15.8. The summed E-state index contributed by atoms with van der Waals surface area (Å²) in [6.07, 6.45) is 3.33. The fraction of sp³-hybridized carbons (Fsp3) is 0.0645. The molecule has 43 heavy (non-hydrogen) atoms. The van der Waals surface area contributed by atoms with Gasteiger partial charge in [-0.25, -0.2) is 24.5 Å². The maximum atomic E-state index is 12.0. The fourth-order valence-electron chi connectivity index (χ4n) is 4.07. The lowest BCUT2D eigenvalue weighted by Gasteiger charge is -2.08. The third-order valence-electron chi connectivity index (χ3n) is 6.12. The van der Waals surface area contributed by atoms with Crippen molar-refractivity contribution < 1.29 is 19.1 Å². The van der Waals surface area contributed by atoms with Crippen LogP contribution in [0.25, 0.3) is 20.2 Å². The molecule has 6 rings (SSSR count). The molecule has 0 spiro atoms. The Labute approximate surface area is 271 Å². The van der Waals surface area contributed by atoms with E-state index in [4.69, 9.17) is 15.5 Å². The Balaban J connectivity index is 0.000000207. The summed E-state index contributed by atoms with van der Waals surface area (Å²) >= 11 is 9.47. The van der Waals surface area contributed by atoms with Crippen molar-refractivity contribution in [3.63, 3.8) is 0 Å². The molecule has 0 fully saturated rings. The number of nitrogens with zero attached hydrogens (tertiary/aromatic N) is 3. The van der Waals surface area contributed by atoms with Gasteiger partial charge in [-0.1, -0.05) is 60.7 Å². The van der Waals surface area contributed by atoms with Crippen LogP contribution in [0.2, 0.25) is 0 Å². The molecule has 2 N–H and O–H groups in total. The highest BCUT2D eigenvalue weighted by molar-refractivity contribution is 9.11. The van der Waals surface area contributed by atoms with Gasteiger partial charge < -0.3 is 15.2 Å². The van der Waals surface area contributed by atoms with Gasteiger partial charge in [0, 0.05) is 43.2 Å². The summed E-state index contributed by atoms with van der Waals surface area (Å²) in [6.45, 7) is 0. The van der Waals surface area contributed by atoms with Crippen LogP contribution in [-0.2, 0) is 9.47 Å². The number of ether oxygens (including phenoxy) is 2. The molecule has 0 atom stereocenters. The molecule has 0 unspecified atom stereocenters. The number of nitrogens with two attached hydrogens (primary N) is 1. The number of methoxy groups -OCH3 is 2. The Kier molecular flexibility index (Phi) is 9.61. The van der Waals surface area contributed by atoms with E-state index in [9.17, 15) is 9.59 Å². The summed E-state index contributed by atoms with van der Waals surface area (Å²) in [5.74, 6) is 0.270. The lowest BCUT2D eigenvalue weighted by Crippen LogP contribution is -2.02. The van der Waals surface area contributed by atoms with Gasteiger partial charge in [0.15, 0.2) is 5.82 Å². The maximum Gasteiger partial charge on any atom is 0.348 e. The van der Waals surface area contributed by atoms with Gasteiger partial charge in [-0.15, -0.1) is 22.7 Å². The maximum absolute atomic E-state index is 12.0. The van der Waals surface area contributed by atoms with Crippen LogP contribution in [0.3, 0.4) is 0 Å². The van der Waals surface area contributed by atoms with Crippen molar-refractivity contribution in [2.75, 3.05) is 20.0 Å². The predicted octanol–water partition coefficient (Wildman–Crippen LogP) is 8.44. The fourth-order valence-corrected chi connectivity index (χ4v) is 7.19. The van der Waals surface area contributed by atoms with Gasteiger partial charge in [-0.3, -0.25) is 0 Å². The van der Waals surface area contributed by atoms with E-state index in [1.807, 2.05) is 60.7 Å². The number of aromatic nitrogens is 2. The number of rotatable bonds is 5. The van der Waals surface area contributed by atoms with Crippen LogP contribution in [0.1, 0.15) is 30.5 Å². The van der Waals surface area contributed by atoms with Crippen LogP contribution in [0, 0.1) is 0 Å². The number of nitrogen functional groups attached to an aromatic ring is 1. The minimum absolute atomic E-state index is 0.359. The predicted molar refractivity (Wildman–Crippen MR) is 180 cm³/mol. The topological polar surface area (TPSA) is 117 Å². The summed E-state index contributed by atoms with van der Waals surface area (Å²) in [4.78, 5) is 37.8. The number of esters is 2. The number of benzene rings is 2. The van der Waals surface area contributed by atoms with E-state index in [0.717, 1.165) is 46.0 Å². The van der Waals surface area contributed by atoms with Gasteiger partial charge in [0.1, 0.15) is 15.6 Å². The second-order valence-electron chi connectivity index (χ2n) is 8.80. The van der Waals surface area contributed by atoms with E-state index in [0.29, 0.717) is 21.4 Å². The van der Waals surface area contributed by atoms with Crippen molar-refractivity contribution in [1.82, 2.24) is 9.97 Å². The first-order chi connectivity index (χ1) is 20.8. The Morgan fingerprint density at radius 2 is 1.21 bits per heavy atom. The number of pyridine rings is 2. The molecule has 4 heterocycles. The zero-order valence-electron chi connectivity index (χ0n) is 22.7. The van der Waals surface area contributed by atoms with Crippen molar-refractivity contribution in [3.05, 3.63) is 115 Å². The van der Waals surface area contributed by atoms with E-state index in [2.05, 4.69) is 46.6 Å². The van der Waals surface area contributed by atoms with E-state index in [1.165, 1.54) is 36.9 Å². The molecule has 0 radical (unpaired) electrons. The van der Waals surface area contributed by atoms with Crippen LogP contribution in [0.15, 0.2) is 99.1 Å². The lowest BCUT2D eigenvalue weighted by atomic mass is 10.0. The molecule has 4 aromatic heterocycles. The largest absolute Gasteiger partial charge is 0.465 e. The van der Waals surface area contributed by atoms with E-state index in [-0.39, 0.29) is 11.9 Å². The van der Waals surface area contributed by atoms with E-state index >= 15 is 0 Å². The molecular formula is C31H22Br2N4O4S2. The minimum atomic E-state index is -0.366. The van der Waals surface area contributed by atoms with E-state index < -0.39 is 0 Å². The zero-order valence-corrected chi connectivity index (χ0v) is 27.5. The Hall–Kier alpha value is -3.97. The number of hydrogen-bond donors (Lipinski definition) is 1. The summed E-state index contributed by atoms with van der Waals surface area (Å²) in [5.41, 5.74) is 8.52. The van der Waals surface area contributed by atoms with Crippen molar-refractivity contribution in [3.8, 4) is 0 Å². The second-order valence-corrected chi connectivity index (χ2v) is 12.6. The van der Waals surface area contributed by atoms with Crippen molar-refractivity contribution in [2.45, 2.75) is 0 Å². The van der Waals surface area contributed by atoms with Gasteiger partial charge >= 0.3 is 11.9 Å². The summed E-state index contributed by atoms with van der Waals surface area (Å²) in [5, 5.41) is 1.77. The normalized spacial score (nSPS) is 10.6. The molecule has 0 bridgehead atoms. The van der Waals surface area contributed by atoms with Crippen LogP contribution in [0.5, 0.6) is 0 Å². The summed E-state index contributed by atoms with van der Waals surface area (Å²) < 4.78 is 12.8. The number of halogens is 2. The van der Waals surface area contributed by atoms with E-state index in [1.54, 1.807) is 24.5 Å². The summed E-state index contributed by atoms with van der Waals surface area (Å²) in [6, 6.07) is 23.5. The number of aliphatic imine (C=N–C) groups is 1. The molecule has 0 saturated carbocycles. The first kappa shape index (κ1) is 30.5. The Morgan fingerprint density at radius 3 is 1.70 bits per heavy atom. The van der Waals surface area contributed by atoms with Crippen molar-refractivity contribution in [2.24, 2.45) is 4.99 Å². The van der Waals surface area contributed by atoms with Crippen molar-refractivity contribution in [1.29, 1.82) is 0 Å². The molecule has 0 aliphatic heterocycles. The molecule has 6 aromatic rings.